The normalized spacial score (nSPS) is 15.1. The lowest BCUT2D eigenvalue weighted by Crippen LogP contribution is -1.99. The third-order valence-corrected chi connectivity index (χ3v) is 3.40. The van der Waals surface area contributed by atoms with Gasteiger partial charge in [0, 0.05) is 23.6 Å². The van der Waals surface area contributed by atoms with Gasteiger partial charge in [0.1, 0.15) is 0 Å². The predicted molar refractivity (Wildman–Crippen MR) is 68.0 cm³/mol. The van der Waals surface area contributed by atoms with Crippen molar-refractivity contribution in [3.05, 3.63) is 42.1 Å². The van der Waals surface area contributed by atoms with Crippen LogP contribution in [0.3, 0.4) is 0 Å². The van der Waals surface area contributed by atoms with E-state index < -0.39 is 0 Å². The molecule has 1 saturated carbocycles. The van der Waals surface area contributed by atoms with Crippen LogP contribution in [-0.4, -0.2) is 10.8 Å². The fourth-order valence-corrected chi connectivity index (χ4v) is 2.14. The molecule has 2 nitrogen and oxygen atoms in total. The van der Waals surface area contributed by atoms with Crippen molar-refractivity contribution in [2.75, 3.05) is 0 Å². The number of hydrogen-bond acceptors (Lipinski definition) is 2. The predicted octanol–water partition coefficient (Wildman–Crippen LogP) is 3.61. The van der Waals surface area contributed by atoms with Crippen LogP contribution in [0.15, 0.2) is 36.5 Å². The lowest BCUT2D eigenvalue weighted by atomic mass is 10.0. The largest absolute Gasteiger partial charge is 0.294 e. The molecule has 1 fully saturated rings. The molecular formula is C15H15NO. The van der Waals surface area contributed by atoms with Gasteiger partial charge in [-0.25, -0.2) is 0 Å². The van der Waals surface area contributed by atoms with E-state index in [2.05, 4.69) is 4.98 Å². The van der Waals surface area contributed by atoms with E-state index in [0.29, 0.717) is 6.42 Å². The van der Waals surface area contributed by atoms with E-state index in [9.17, 15) is 4.79 Å². The summed E-state index contributed by atoms with van der Waals surface area (Å²) in [6.45, 7) is 0. The van der Waals surface area contributed by atoms with Crippen LogP contribution in [0.5, 0.6) is 0 Å². The molecule has 0 bridgehead atoms. The van der Waals surface area contributed by atoms with Crippen molar-refractivity contribution in [2.45, 2.75) is 25.7 Å². The third-order valence-electron chi connectivity index (χ3n) is 3.40. The summed E-state index contributed by atoms with van der Waals surface area (Å²) in [7, 11) is 0. The molecule has 1 aromatic heterocycles. The Morgan fingerprint density at radius 1 is 1.29 bits per heavy atom. The second-order valence-corrected chi connectivity index (χ2v) is 4.82. The van der Waals surface area contributed by atoms with Gasteiger partial charge in [-0.3, -0.25) is 9.78 Å². The maximum absolute atomic E-state index is 12.0. The van der Waals surface area contributed by atoms with Crippen molar-refractivity contribution in [1.82, 2.24) is 4.98 Å². The Morgan fingerprint density at radius 2 is 2.18 bits per heavy atom. The molecule has 0 atom stereocenters. The minimum Gasteiger partial charge on any atom is -0.294 e. The van der Waals surface area contributed by atoms with Gasteiger partial charge in [-0.1, -0.05) is 18.9 Å². The summed E-state index contributed by atoms with van der Waals surface area (Å²) >= 11 is 0. The molecular weight excluding hydrogens is 210 g/mol. The van der Waals surface area contributed by atoms with Crippen LogP contribution in [0.25, 0.3) is 10.9 Å². The molecule has 0 unspecified atom stereocenters. The van der Waals surface area contributed by atoms with Gasteiger partial charge in [0.2, 0.25) is 0 Å². The molecule has 0 spiro atoms. The molecule has 17 heavy (non-hydrogen) atoms. The van der Waals surface area contributed by atoms with Gasteiger partial charge in [0.05, 0.1) is 5.52 Å². The number of hydrogen-bond donors (Lipinski definition) is 0. The van der Waals surface area contributed by atoms with Gasteiger partial charge in [0.25, 0.3) is 0 Å². The number of Topliss-reactive ketones (excluding diaryl/α,β-unsaturated/α-hetero) is 1. The molecule has 0 aliphatic heterocycles. The molecule has 2 aromatic rings. The molecule has 1 aliphatic carbocycles. The molecule has 2 heteroatoms. The number of fused-ring (bicyclic) bond motifs is 1. The van der Waals surface area contributed by atoms with Crippen molar-refractivity contribution < 1.29 is 4.79 Å². The number of carbonyl (C=O) groups excluding carboxylic acids is 1. The topological polar surface area (TPSA) is 30.0 Å². The molecule has 0 N–H and O–H groups in total. The first-order valence-corrected chi connectivity index (χ1v) is 6.21. The van der Waals surface area contributed by atoms with Gasteiger partial charge < -0.3 is 0 Å². The molecule has 0 saturated heterocycles. The maximum Gasteiger partial charge on any atom is 0.162 e. The molecule has 86 valence electrons. The molecule has 1 aliphatic rings. The summed E-state index contributed by atoms with van der Waals surface area (Å²) in [6, 6.07) is 9.68. The van der Waals surface area contributed by atoms with Crippen LogP contribution in [-0.2, 0) is 0 Å². The number of rotatable bonds is 4. The highest BCUT2D eigenvalue weighted by molar-refractivity contribution is 5.99. The van der Waals surface area contributed by atoms with E-state index in [0.717, 1.165) is 28.8 Å². The fourth-order valence-electron chi connectivity index (χ4n) is 2.14. The van der Waals surface area contributed by atoms with E-state index >= 15 is 0 Å². The van der Waals surface area contributed by atoms with Crippen LogP contribution >= 0.6 is 0 Å². The van der Waals surface area contributed by atoms with Crippen LogP contribution in [0.4, 0.5) is 0 Å². The van der Waals surface area contributed by atoms with Gasteiger partial charge in [-0.05, 0) is 36.6 Å². The first-order valence-electron chi connectivity index (χ1n) is 6.21. The zero-order valence-corrected chi connectivity index (χ0v) is 9.73. The molecule has 3 rings (SSSR count). The average molecular weight is 225 g/mol. The van der Waals surface area contributed by atoms with Crippen LogP contribution < -0.4 is 0 Å². The lowest BCUT2D eigenvalue weighted by Gasteiger charge is -2.02. The standard InChI is InChI=1S/C15H15NO/c17-15(8-5-11-3-4-11)13-6-7-14-12(10-13)2-1-9-16-14/h1-2,6-7,9-11H,3-5,8H2. The van der Waals surface area contributed by atoms with Gasteiger partial charge in [-0.15, -0.1) is 0 Å². The number of nitrogens with zero attached hydrogens (tertiary/aromatic N) is 1. The Morgan fingerprint density at radius 3 is 3.00 bits per heavy atom. The van der Waals surface area contributed by atoms with Crippen molar-refractivity contribution in [3.63, 3.8) is 0 Å². The van der Waals surface area contributed by atoms with E-state index in [-0.39, 0.29) is 5.78 Å². The summed E-state index contributed by atoms with van der Waals surface area (Å²) in [5.41, 5.74) is 1.78. The molecule has 1 heterocycles. The SMILES string of the molecule is O=C(CCC1CC1)c1ccc2ncccc2c1. The summed E-state index contributed by atoms with van der Waals surface area (Å²) in [5.74, 6) is 1.09. The molecule has 0 radical (unpaired) electrons. The van der Waals surface area contributed by atoms with E-state index in [1.54, 1.807) is 6.20 Å². The highest BCUT2D eigenvalue weighted by atomic mass is 16.1. The van der Waals surface area contributed by atoms with Gasteiger partial charge in [0.15, 0.2) is 5.78 Å². The number of aromatic nitrogens is 1. The van der Waals surface area contributed by atoms with E-state index in [1.807, 2.05) is 30.3 Å². The fraction of sp³-hybridized carbons (Fsp3) is 0.333. The monoisotopic (exact) mass is 225 g/mol. The zero-order valence-electron chi connectivity index (χ0n) is 9.73. The number of ketones is 1. The average Bonchev–Trinajstić information content (AvgIpc) is 3.19. The van der Waals surface area contributed by atoms with Crippen LogP contribution in [0.1, 0.15) is 36.0 Å². The Hall–Kier alpha value is -1.70. The number of benzene rings is 1. The Balaban J connectivity index is 1.81. The smallest absolute Gasteiger partial charge is 0.162 e. The quantitative estimate of drug-likeness (QED) is 0.744. The minimum atomic E-state index is 0.266. The van der Waals surface area contributed by atoms with Crippen molar-refractivity contribution in [3.8, 4) is 0 Å². The summed E-state index contributed by atoms with van der Waals surface area (Å²) in [6.07, 6.45) is 6.15. The lowest BCUT2D eigenvalue weighted by molar-refractivity contribution is 0.0978. The minimum absolute atomic E-state index is 0.266. The maximum atomic E-state index is 12.0. The first kappa shape index (κ1) is 10.5. The summed E-state index contributed by atoms with van der Waals surface area (Å²) < 4.78 is 0. The van der Waals surface area contributed by atoms with Gasteiger partial charge in [-0.2, -0.15) is 0 Å². The third kappa shape index (κ3) is 2.36. The first-order chi connectivity index (χ1) is 8.33. The second kappa shape index (κ2) is 4.28. The number of pyridine rings is 1. The number of carbonyl (C=O) groups is 1. The summed E-state index contributed by atoms with van der Waals surface area (Å²) in [4.78, 5) is 16.3. The van der Waals surface area contributed by atoms with Gasteiger partial charge >= 0.3 is 0 Å². The molecule has 0 amide bonds. The Labute approximate surface area is 101 Å². The molecule has 1 aromatic carbocycles. The zero-order chi connectivity index (χ0) is 11.7. The highest BCUT2D eigenvalue weighted by Crippen LogP contribution is 2.33. The Kier molecular flexibility index (Phi) is 2.63. The van der Waals surface area contributed by atoms with Crippen LogP contribution in [0, 0.1) is 5.92 Å². The highest BCUT2D eigenvalue weighted by Gasteiger charge is 2.22. The van der Waals surface area contributed by atoms with Crippen LogP contribution in [0.2, 0.25) is 0 Å². The second-order valence-electron chi connectivity index (χ2n) is 4.82. The van der Waals surface area contributed by atoms with Crippen molar-refractivity contribution in [2.24, 2.45) is 5.92 Å². The summed E-state index contributed by atoms with van der Waals surface area (Å²) in [5, 5.41) is 1.05. The van der Waals surface area contributed by atoms with E-state index in [4.69, 9.17) is 0 Å². The van der Waals surface area contributed by atoms with Crippen molar-refractivity contribution in [1.29, 1.82) is 0 Å². The Bertz CT molecular complexity index is 558. The van der Waals surface area contributed by atoms with E-state index in [1.165, 1.54) is 12.8 Å². The van der Waals surface area contributed by atoms with Crippen molar-refractivity contribution >= 4 is 16.7 Å².